The van der Waals surface area contributed by atoms with Crippen molar-refractivity contribution in [2.75, 3.05) is 0 Å². The first-order valence-corrected chi connectivity index (χ1v) is 6.51. The Morgan fingerprint density at radius 1 is 1.18 bits per heavy atom. The number of fused-ring (bicyclic) bond motifs is 1. The third-order valence-corrected chi connectivity index (χ3v) is 3.92. The molecular formula is C15H19NO. The molecule has 1 aliphatic heterocycles. The first kappa shape index (κ1) is 10.8. The molecule has 0 fully saturated rings. The van der Waals surface area contributed by atoms with Crippen molar-refractivity contribution in [1.82, 2.24) is 0 Å². The first-order valence-electron chi connectivity index (χ1n) is 6.51. The largest absolute Gasteiger partial charge is 0.490 e. The fraction of sp³-hybridized carbons (Fsp3) is 0.467. The number of hydrogen-bond donors (Lipinski definition) is 1. The minimum absolute atomic E-state index is 0.135. The van der Waals surface area contributed by atoms with E-state index in [2.05, 4.69) is 18.2 Å². The van der Waals surface area contributed by atoms with Gasteiger partial charge in [0, 0.05) is 18.0 Å². The molecule has 0 radical (unpaired) electrons. The van der Waals surface area contributed by atoms with Crippen LogP contribution in [0.5, 0.6) is 5.75 Å². The molecule has 3 rings (SSSR count). The average Bonchev–Trinajstić information content (AvgIpc) is 2.40. The molecule has 1 aromatic rings. The molecule has 2 nitrogen and oxygen atoms in total. The smallest absolute Gasteiger partial charge is 0.124 e. The van der Waals surface area contributed by atoms with Gasteiger partial charge in [0.05, 0.1) is 0 Å². The molecule has 0 saturated carbocycles. The highest BCUT2D eigenvalue weighted by molar-refractivity contribution is 5.37. The highest BCUT2D eigenvalue weighted by atomic mass is 16.5. The monoisotopic (exact) mass is 229 g/mol. The molecule has 2 N–H and O–H groups in total. The molecule has 0 amide bonds. The van der Waals surface area contributed by atoms with Crippen molar-refractivity contribution in [3.05, 3.63) is 42.0 Å². The van der Waals surface area contributed by atoms with Crippen LogP contribution in [0.25, 0.3) is 0 Å². The van der Waals surface area contributed by atoms with Crippen LogP contribution in [-0.4, -0.2) is 6.10 Å². The van der Waals surface area contributed by atoms with E-state index in [0.717, 1.165) is 24.2 Å². The van der Waals surface area contributed by atoms with Crippen LogP contribution in [0.3, 0.4) is 0 Å². The van der Waals surface area contributed by atoms with Crippen molar-refractivity contribution in [2.24, 2.45) is 11.7 Å². The minimum Gasteiger partial charge on any atom is -0.490 e. The fourth-order valence-corrected chi connectivity index (χ4v) is 2.93. The van der Waals surface area contributed by atoms with Crippen molar-refractivity contribution < 1.29 is 4.74 Å². The number of ether oxygens (including phenoxy) is 1. The van der Waals surface area contributed by atoms with Crippen molar-refractivity contribution in [3.63, 3.8) is 0 Å². The van der Waals surface area contributed by atoms with Gasteiger partial charge in [-0.25, -0.2) is 0 Å². The molecule has 2 heteroatoms. The summed E-state index contributed by atoms with van der Waals surface area (Å²) in [7, 11) is 0. The molecule has 90 valence electrons. The Labute approximate surface area is 102 Å². The van der Waals surface area contributed by atoms with Gasteiger partial charge in [-0.2, -0.15) is 0 Å². The van der Waals surface area contributed by atoms with Gasteiger partial charge in [0.25, 0.3) is 0 Å². The van der Waals surface area contributed by atoms with E-state index in [4.69, 9.17) is 10.5 Å². The zero-order valence-corrected chi connectivity index (χ0v) is 10.0. The van der Waals surface area contributed by atoms with Gasteiger partial charge in [-0.1, -0.05) is 30.4 Å². The van der Waals surface area contributed by atoms with Gasteiger partial charge in [0.2, 0.25) is 0 Å². The van der Waals surface area contributed by atoms with E-state index in [1.807, 2.05) is 18.2 Å². The van der Waals surface area contributed by atoms with Gasteiger partial charge in [0.1, 0.15) is 11.9 Å². The number of benzene rings is 1. The highest BCUT2D eigenvalue weighted by Gasteiger charge is 2.31. The number of nitrogens with two attached hydrogens (primary N) is 1. The van der Waals surface area contributed by atoms with Gasteiger partial charge in [-0.3, -0.25) is 0 Å². The molecule has 3 unspecified atom stereocenters. The summed E-state index contributed by atoms with van der Waals surface area (Å²) in [6.45, 7) is 0. The van der Waals surface area contributed by atoms with Gasteiger partial charge in [0.15, 0.2) is 0 Å². The Bertz CT molecular complexity index is 427. The van der Waals surface area contributed by atoms with Crippen LogP contribution in [0.2, 0.25) is 0 Å². The lowest BCUT2D eigenvalue weighted by atomic mass is 9.84. The van der Waals surface area contributed by atoms with Gasteiger partial charge in [-0.15, -0.1) is 0 Å². The number of allylic oxidation sites excluding steroid dienone is 2. The molecule has 17 heavy (non-hydrogen) atoms. The van der Waals surface area contributed by atoms with E-state index in [-0.39, 0.29) is 6.04 Å². The van der Waals surface area contributed by atoms with Crippen LogP contribution in [0, 0.1) is 5.92 Å². The second kappa shape index (κ2) is 4.53. The molecular weight excluding hydrogens is 210 g/mol. The summed E-state index contributed by atoms with van der Waals surface area (Å²) in [5.74, 6) is 1.63. The quantitative estimate of drug-likeness (QED) is 0.751. The summed E-state index contributed by atoms with van der Waals surface area (Å²) < 4.78 is 6.13. The van der Waals surface area contributed by atoms with E-state index >= 15 is 0 Å². The Balaban J connectivity index is 1.81. The van der Waals surface area contributed by atoms with E-state index in [1.54, 1.807) is 0 Å². The third-order valence-electron chi connectivity index (χ3n) is 3.92. The van der Waals surface area contributed by atoms with Crippen molar-refractivity contribution in [1.29, 1.82) is 0 Å². The number of hydrogen-bond acceptors (Lipinski definition) is 2. The van der Waals surface area contributed by atoms with E-state index in [1.165, 1.54) is 12.8 Å². The Morgan fingerprint density at radius 2 is 2.06 bits per heavy atom. The van der Waals surface area contributed by atoms with Crippen molar-refractivity contribution in [3.8, 4) is 5.75 Å². The Kier molecular flexibility index (Phi) is 2.89. The predicted molar refractivity (Wildman–Crippen MR) is 68.9 cm³/mol. The van der Waals surface area contributed by atoms with Crippen LogP contribution in [0.1, 0.15) is 37.3 Å². The van der Waals surface area contributed by atoms with Gasteiger partial charge < -0.3 is 10.5 Å². The van der Waals surface area contributed by atoms with Gasteiger partial charge in [-0.05, 0) is 31.2 Å². The van der Waals surface area contributed by atoms with E-state index < -0.39 is 0 Å². The van der Waals surface area contributed by atoms with E-state index in [0.29, 0.717) is 12.0 Å². The molecule has 0 spiro atoms. The zero-order valence-electron chi connectivity index (χ0n) is 10.0. The fourth-order valence-electron chi connectivity index (χ4n) is 2.93. The molecule has 2 aliphatic rings. The summed E-state index contributed by atoms with van der Waals surface area (Å²) in [6, 6.07) is 8.31. The normalized spacial score (nSPS) is 31.7. The van der Waals surface area contributed by atoms with Crippen molar-refractivity contribution in [2.45, 2.75) is 37.8 Å². The molecule has 1 aliphatic carbocycles. The minimum atomic E-state index is 0.135. The summed E-state index contributed by atoms with van der Waals surface area (Å²) in [5.41, 5.74) is 7.41. The molecule has 0 saturated heterocycles. The van der Waals surface area contributed by atoms with Crippen molar-refractivity contribution >= 4 is 0 Å². The average molecular weight is 229 g/mol. The maximum atomic E-state index is 6.25. The Morgan fingerprint density at radius 3 is 2.88 bits per heavy atom. The third kappa shape index (κ3) is 2.09. The molecule has 0 aromatic heterocycles. The lowest BCUT2D eigenvalue weighted by Gasteiger charge is -2.35. The summed E-state index contributed by atoms with van der Waals surface area (Å²) in [5, 5.41) is 0. The topological polar surface area (TPSA) is 35.2 Å². The lowest BCUT2D eigenvalue weighted by Crippen LogP contribution is -2.35. The molecule has 1 aromatic carbocycles. The van der Waals surface area contributed by atoms with Crippen LogP contribution in [-0.2, 0) is 0 Å². The first-order chi connectivity index (χ1) is 8.34. The zero-order chi connectivity index (χ0) is 11.7. The summed E-state index contributed by atoms with van der Waals surface area (Å²) >= 11 is 0. The van der Waals surface area contributed by atoms with Crippen LogP contribution in [0.15, 0.2) is 36.4 Å². The van der Waals surface area contributed by atoms with Gasteiger partial charge >= 0.3 is 0 Å². The second-order valence-corrected chi connectivity index (χ2v) is 5.08. The molecule has 3 atom stereocenters. The number of rotatable bonds is 1. The molecule has 1 heterocycles. The SMILES string of the molecule is NC1CC(C2CC=CCC2)Oc2ccccc21. The van der Waals surface area contributed by atoms with Crippen LogP contribution >= 0.6 is 0 Å². The maximum absolute atomic E-state index is 6.25. The maximum Gasteiger partial charge on any atom is 0.124 e. The summed E-state index contributed by atoms with van der Waals surface area (Å²) in [6.07, 6.45) is 9.35. The van der Waals surface area contributed by atoms with Crippen LogP contribution < -0.4 is 10.5 Å². The summed E-state index contributed by atoms with van der Waals surface area (Å²) in [4.78, 5) is 0. The lowest BCUT2D eigenvalue weighted by molar-refractivity contribution is 0.0938. The number of para-hydroxylation sites is 1. The molecule has 0 bridgehead atoms. The van der Waals surface area contributed by atoms with E-state index in [9.17, 15) is 0 Å². The highest BCUT2D eigenvalue weighted by Crippen LogP contribution is 2.38. The predicted octanol–water partition coefficient (Wildman–Crippen LogP) is 3.19. The standard InChI is InChI=1S/C15H19NO/c16-13-10-15(11-6-2-1-3-7-11)17-14-9-5-4-8-12(13)14/h1-2,4-5,8-9,11,13,15H,3,6-7,10,16H2. The Hall–Kier alpha value is -1.28. The second-order valence-electron chi connectivity index (χ2n) is 5.08. The van der Waals surface area contributed by atoms with Crippen LogP contribution in [0.4, 0.5) is 0 Å².